The van der Waals surface area contributed by atoms with Crippen LogP contribution in [0.3, 0.4) is 0 Å². The SMILES string of the molecule is CC1CCC(C2CCC(C3CCC(C4=[NH+]C(C5CCC(C6CCC(C7CCC(C8=[NH+]C(C)CC8)N7)N6)N5)CC4)N3S(=O)([O-])(O)CCCC[C@@H]3C4CC(C5CC6C(CCCCS(=O)(=O)[O-])C7CC(C)SC7C6S5)SC4C4SC(C5CC6C(CCCCS(=O)(=O)[O-])C7CC(C8CC9C(S8)C8SC(C)CC8[C@@H]9CCCCS(=O)(=O)[O-])SC7C6S5)CC43)N2)N1. The van der Waals surface area contributed by atoms with Crippen molar-refractivity contribution in [2.75, 3.05) is 23.0 Å². The minimum absolute atomic E-state index is 0.0303. The molecule has 0 aromatic carbocycles. The summed E-state index contributed by atoms with van der Waals surface area (Å²) in [7, 11) is -18.4. The molecule has 120 heavy (non-hydrogen) atoms. The number of hydrogen-bond donors (Lipinski definition) is 8. The highest BCUT2D eigenvalue weighted by atomic mass is 32.3. The lowest BCUT2D eigenvalue weighted by atomic mass is 9.78. The fourth-order valence-corrected chi connectivity index (χ4v) is 52.6. The molecule has 0 aromatic rings. The highest BCUT2D eigenvalue weighted by molar-refractivity contribution is 8.09. The Kier molecular flexibility index (Phi) is 26.7. The third kappa shape index (κ3) is 18.4. The molecule has 14 saturated heterocycles. The van der Waals surface area contributed by atoms with Crippen molar-refractivity contribution in [1.29, 1.82) is 0 Å². The number of nitrogens with one attached hydrogen (secondary N) is 7. The summed E-state index contributed by atoms with van der Waals surface area (Å²) in [6.07, 6.45) is 35.4. The van der Waals surface area contributed by atoms with E-state index in [0.717, 1.165) is 115 Å². The molecule has 0 amide bonds. The fraction of sp³-hybridized carbons (Fsp3) is 0.977. The Morgan fingerprint density at radius 2 is 0.733 bits per heavy atom. The molecular weight excluding hydrogens is 1750 g/mol. The van der Waals surface area contributed by atoms with Crippen LogP contribution in [0.2, 0.25) is 0 Å². The van der Waals surface area contributed by atoms with Crippen molar-refractivity contribution in [2.45, 2.75) is 427 Å². The van der Waals surface area contributed by atoms with Gasteiger partial charge in [-0.25, -0.2) is 39.5 Å². The van der Waals surface area contributed by atoms with E-state index in [-0.39, 0.29) is 47.2 Å². The van der Waals surface area contributed by atoms with Gasteiger partial charge in [-0.3, -0.25) is 4.21 Å². The van der Waals surface area contributed by atoms with Gasteiger partial charge in [0.05, 0.1) is 42.4 Å². The maximum absolute atomic E-state index is 16.1. The number of thioether (sulfide) groups is 8. The van der Waals surface area contributed by atoms with Gasteiger partial charge in [-0.05, 0) is 274 Å². The zero-order chi connectivity index (χ0) is 82.8. The molecule has 0 aromatic heterocycles. The average molecular weight is 1890 g/mol. The molecule has 20 aliphatic rings. The monoisotopic (exact) mass is 1890 g/mol. The highest BCUT2D eigenvalue weighted by Crippen LogP contribution is 2.73. The van der Waals surface area contributed by atoms with Gasteiger partial charge in [0.1, 0.15) is 12.1 Å². The average Bonchev–Trinajstić information content (AvgIpc) is 1.55. The lowest BCUT2D eigenvalue weighted by Crippen LogP contribution is -2.82. The van der Waals surface area contributed by atoms with Crippen LogP contribution >= 0.6 is 94.1 Å². The van der Waals surface area contributed by atoms with E-state index in [1.54, 1.807) is 4.31 Å². The fourth-order valence-electron chi connectivity index (χ4n) is 30.9. The second kappa shape index (κ2) is 35.8. The second-order valence-corrected chi connectivity index (χ2v) is 62.0. The van der Waals surface area contributed by atoms with E-state index in [1.165, 1.54) is 95.6 Å². The number of hydrogen-bond acceptors (Lipinski definition) is 24. The zero-order valence-corrected chi connectivity index (χ0v) is 81.1. The first-order chi connectivity index (χ1) is 57.4. The Morgan fingerprint density at radius 1 is 0.383 bits per heavy atom. The molecule has 32 heteroatoms. The molecule has 680 valence electrons. The van der Waals surface area contributed by atoms with Gasteiger partial charge in [0, 0.05) is 187 Å². The highest BCUT2D eigenvalue weighted by Gasteiger charge is 2.67. The second-order valence-electron chi connectivity index (χ2n) is 42.9. The van der Waals surface area contributed by atoms with E-state index in [9.17, 15) is 43.5 Å². The predicted octanol–water partition coefficient (Wildman–Crippen LogP) is 9.97. The van der Waals surface area contributed by atoms with Crippen LogP contribution in [-0.4, -0.2) is 260 Å². The van der Waals surface area contributed by atoms with Crippen molar-refractivity contribution in [3.8, 4) is 0 Å². The van der Waals surface area contributed by atoms with Crippen LogP contribution in [-0.2, 0) is 40.2 Å². The summed E-state index contributed by atoms with van der Waals surface area (Å²) in [6.45, 7) is 9.36. The Bertz CT molecular complexity index is 4180. The van der Waals surface area contributed by atoms with Crippen LogP contribution in [0.15, 0.2) is 0 Å². The quantitative estimate of drug-likeness (QED) is 0.0236. The van der Waals surface area contributed by atoms with E-state index in [0.29, 0.717) is 241 Å². The van der Waals surface area contributed by atoms with Crippen LogP contribution in [0.5, 0.6) is 0 Å². The molecule has 20 nitrogen and oxygen atoms in total. The summed E-state index contributed by atoms with van der Waals surface area (Å²) in [5, 5.41) is 29.4. The van der Waals surface area contributed by atoms with Crippen LogP contribution in [0.4, 0.5) is 0 Å². The standard InChI is InChI=1S/C88H144N8O12S12/c1-45-17-19-61(89-45)63-21-22-65(91-63)66-23-24-67(92-66)68-25-26-69(93-68)70-28-30-72(95-70)74-32-31-73(71-29-27-64(94-71)62-20-18-46(2)90-62)96(74)120(106,107,108)36-12-8-16-52-59-43-78(76-40-56-50(14-6-10-34-118(100,101)102)54-38-48(4)110-82(54)84(56)112-76)114-87(59)88-60(52)44-80(116-88)79-42-58-51(15-7-11-35-119(103,104)105)57-41-77(113-85(57)86(58)115-79)75-39-55-49(13-5-9-33-117(97,98)99)53-37-47(3)109-81(53)83(55)111-75/h45-60,62-71,73-88,90-94H,5-44H2,1-4H3,(H,97,98,99)(H,100,101,102)(H,103,104,105)(H2,106,107,108)/p-2/t45?,46?,47?,48?,49-,50?,51?,52+,53?,54?,55?,56?,57?,58?,59?,60?,62?,63?,64?,65?,66?,67?,68?,69?,70?,71?,73?,74?,75?,76?,77?,78?,79?,80?,81?,82?,83?,84?,85?,86?,87?,88?/m0/s1. The molecule has 4 saturated carbocycles. The molecule has 16 aliphatic heterocycles. The normalized spacial score (nSPS) is 50.5. The summed E-state index contributed by atoms with van der Waals surface area (Å²) in [6, 6.07) is 3.81. The summed E-state index contributed by atoms with van der Waals surface area (Å²) in [4.78, 5) is 7.83. The molecule has 18 fully saturated rings. The Labute approximate surface area is 753 Å². The van der Waals surface area contributed by atoms with Crippen molar-refractivity contribution in [3.63, 3.8) is 0 Å². The van der Waals surface area contributed by atoms with Crippen molar-refractivity contribution in [2.24, 2.45) is 71.0 Å². The summed E-state index contributed by atoms with van der Waals surface area (Å²) in [5.74, 6) is 5.83. The number of nitrogens with zero attached hydrogens (tertiary/aromatic N) is 1. The topological polar surface area (TPSA) is 323 Å². The molecule has 20 rings (SSSR count). The largest absolute Gasteiger partial charge is 0.758 e. The minimum atomic E-state index is -5.65. The summed E-state index contributed by atoms with van der Waals surface area (Å²) >= 11 is 18.4. The van der Waals surface area contributed by atoms with Crippen molar-refractivity contribution in [3.05, 3.63) is 0 Å². The molecule has 42 atom stereocenters. The lowest BCUT2D eigenvalue weighted by molar-refractivity contribution is -0.500. The van der Waals surface area contributed by atoms with Gasteiger partial charge in [0.2, 0.25) is 0 Å². The van der Waals surface area contributed by atoms with E-state index in [2.05, 4.69) is 158 Å². The van der Waals surface area contributed by atoms with Crippen LogP contribution in [0.1, 0.15) is 259 Å². The first-order valence-electron chi connectivity index (χ1n) is 48.4. The van der Waals surface area contributed by atoms with Gasteiger partial charge in [-0.15, -0.1) is 0 Å². The van der Waals surface area contributed by atoms with E-state index < -0.39 is 46.2 Å². The summed E-state index contributed by atoms with van der Waals surface area (Å²) < 4.78 is 154. The summed E-state index contributed by atoms with van der Waals surface area (Å²) in [5.41, 5.74) is 2.62. The molecule has 4 aliphatic carbocycles. The Balaban J connectivity index is 0.527. The minimum Gasteiger partial charge on any atom is -0.758 e. The van der Waals surface area contributed by atoms with Gasteiger partial charge in [0.15, 0.2) is 17.5 Å². The van der Waals surface area contributed by atoms with Gasteiger partial charge in [-0.1, -0.05) is 39.5 Å². The maximum Gasteiger partial charge on any atom is 0.169 e. The Morgan fingerprint density at radius 3 is 1.14 bits per heavy atom. The molecule has 16 heterocycles. The van der Waals surface area contributed by atoms with Gasteiger partial charge in [0.25, 0.3) is 0 Å². The van der Waals surface area contributed by atoms with Gasteiger partial charge in [-0.2, -0.15) is 94.1 Å². The number of fused-ring (bicyclic) bond motifs is 12. The number of rotatable bonds is 31. The number of sulfonamides is 1. The van der Waals surface area contributed by atoms with Crippen LogP contribution in [0, 0.1) is 71.0 Å². The first kappa shape index (κ1) is 89.6. The smallest absolute Gasteiger partial charge is 0.169 e. The zero-order valence-electron chi connectivity index (χ0n) is 71.3. The van der Waals surface area contributed by atoms with Gasteiger partial charge < -0.3 is 49.3 Å². The molecule has 40 unspecified atom stereocenters. The maximum atomic E-state index is 16.1. The Hall–Kier alpha value is 1.70. The van der Waals surface area contributed by atoms with Crippen molar-refractivity contribution in [1.82, 2.24) is 30.9 Å². The molecule has 8 N–H and O–H groups in total. The molecule has 0 bridgehead atoms. The first-order valence-corrected chi connectivity index (χ1v) is 62.7. The van der Waals surface area contributed by atoms with Crippen molar-refractivity contribution < 1.29 is 62.2 Å². The molecule has 0 radical (unpaired) electrons. The van der Waals surface area contributed by atoms with Crippen LogP contribution in [0.25, 0.3) is 0 Å². The van der Waals surface area contributed by atoms with E-state index >= 15 is 8.76 Å². The third-order valence-electron chi connectivity index (χ3n) is 35.8. The van der Waals surface area contributed by atoms with E-state index in [1.807, 2.05) is 0 Å². The van der Waals surface area contributed by atoms with Crippen molar-refractivity contribution >= 4 is 146 Å². The number of unbranched alkanes of at least 4 members (excludes halogenated alkanes) is 4. The predicted molar refractivity (Wildman–Crippen MR) is 495 cm³/mol. The molecular formula is C88H142N8O12S12-2. The van der Waals surface area contributed by atoms with Gasteiger partial charge >= 0.3 is 0 Å². The van der Waals surface area contributed by atoms with E-state index in [4.69, 9.17) is 0 Å². The lowest BCUT2D eigenvalue weighted by Gasteiger charge is -2.55. The molecule has 0 spiro atoms. The van der Waals surface area contributed by atoms with Crippen LogP contribution < -0.4 is 36.6 Å². The third-order valence-corrected chi connectivity index (χ3v) is 55.9.